The Labute approximate surface area is 74.2 Å². The van der Waals surface area contributed by atoms with E-state index in [9.17, 15) is 0 Å². The lowest BCUT2D eigenvalue weighted by molar-refractivity contribution is 0.730. The number of hydrogen-bond donors (Lipinski definition) is 0. The van der Waals surface area contributed by atoms with Crippen molar-refractivity contribution in [3.8, 4) is 0 Å². The van der Waals surface area contributed by atoms with Gasteiger partial charge in [-0.05, 0) is 37.8 Å². The summed E-state index contributed by atoms with van der Waals surface area (Å²) in [6.07, 6.45) is 13.5. The molecule has 1 nitrogen and oxygen atoms in total. The Kier molecular flexibility index (Phi) is 4.93. The minimum atomic E-state index is 1.32. The number of pyridine rings is 1. The summed E-state index contributed by atoms with van der Waals surface area (Å²) in [5, 5.41) is 0. The van der Waals surface area contributed by atoms with E-state index in [0.717, 1.165) is 0 Å². The molecule has 1 heterocycles. The van der Waals surface area contributed by atoms with Crippen LogP contribution in [0.25, 0.3) is 0 Å². The summed E-state index contributed by atoms with van der Waals surface area (Å²) in [7, 11) is 0. The average Bonchev–Trinajstić information content (AvgIpc) is 2.24. The van der Waals surface area contributed by atoms with Gasteiger partial charge in [0, 0.05) is 12.4 Å². The molecule has 0 saturated heterocycles. The topological polar surface area (TPSA) is 12.9 Å². The zero-order valence-electron chi connectivity index (χ0n) is 7.32. The van der Waals surface area contributed by atoms with Gasteiger partial charge in [0.1, 0.15) is 0 Å². The summed E-state index contributed by atoms with van der Waals surface area (Å²) >= 11 is 0. The van der Waals surface area contributed by atoms with Crippen LogP contribution in [-0.2, 0) is 0 Å². The maximum absolute atomic E-state index is 3.78. The first kappa shape index (κ1) is 8.98. The predicted molar refractivity (Wildman–Crippen MR) is 51.8 cm³/mol. The second-order valence-electron chi connectivity index (χ2n) is 2.78. The largest absolute Gasteiger partial charge is 0.265 e. The molecule has 1 aliphatic rings. The number of aromatic nitrogens is 1. The Morgan fingerprint density at radius 1 is 0.750 bits per heavy atom. The van der Waals surface area contributed by atoms with Crippen LogP contribution in [0, 0.1) is 0 Å². The van der Waals surface area contributed by atoms with Crippen LogP contribution in [0.2, 0.25) is 0 Å². The monoisotopic (exact) mass is 161 g/mol. The lowest BCUT2D eigenvalue weighted by atomic mass is 10.1. The van der Waals surface area contributed by atoms with Crippen LogP contribution in [0.3, 0.4) is 0 Å². The molecule has 0 unspecified atom stereocenters. The van der Waals surface area contributed by atoms with Crippen molar-refractivity contribution in [2.45, 2.75) is 25.7 Å². The molecule has 0 spiro atoms. The number of rotatable bonds is 0. The van der Waals surface area contributed by atoms with Gasteiger partial charge in [-0.3, -0.25) is 4.98 Å². The quantitative estimate of drug-likeness (QED) is 0.532. The fraction of sp³-hybridized carbons (Fsp3) is 0.364. The maximum Gasteiger partial charge on any atom is 0.0267 e. The molecule has 0 aromatic carbocycles. The van der Waals surface area contributed by atoms with Gasteiger partial charge >= 0.3 is 0 Å². The van der Waals surface area contributed by atoms with E-state index in [4.69, 9.17) is 0 Å². The van der Waals surface area contributed by atoms with Crippen LogP contribution in [0.1, 0.15) is 25.7 Å². The molecule has 1 aromatic heterocycles. The summed E-state index contributed by atoms with van der Waals surface area (Å²) in [6.45, 7) is 0. The summed E-state index contributed by atoms with van der Waals surface area (Å²) in [5.41, 5.74) is 0. The molecule has 0 atom stereocenters. The molecular formula is C11H15N. The highest BCUT2D eigenvalue weighted by Gasteiger charge is 1.87. The van der Waals surface area contributed by atoms with Crippen LogP contribution in [0.5, 0.6) is 0 Å². The minimum absolute atomic E-state index is 1.32. The van der Waals surface area contributed by atoms with Crippen LogP contribution in [0.4, 0.5) is 0 Å². The highest BCUT2D eigenvalue weighted by atomic mass is 14.6. The first-order chi connectivity index (χ1) is 6.00. The van der Waals surface area contributed by atoms with Crippen molar-refractivity contribution >= 4 is 0 Å². The van der Waals surface area contributed by atoms with Crippen molar-refractivity contribution in [1.82, 2.24) is 4.98 Å². The molecule has 0 N–H and O–H groups in total. The molecule has 0 amide bonds. The van der Waals surface area contributed by atoms with Gasteiger partial charge in [0.15, 0.2) is 0 Å². The Hall–Kier alpha value is -1.11. The normalized spacial score (nSPS) is 14.7. The summed E-state index contributed by atoms with van der Waals surface area (Å²) in [4.78, 5) is 3.78. The van der Waals surface area contributed by atoms with E-state index < -0.39 is 0 Å². The molecular weight excluding hydrogens is 146 g/mol. The van der Waals surface area contributed by atoms with Crippen molar-refractivity contribution < 1.29 is 0 Å². The van der Waals surface area contributed by atoms with Crippen molar-refractivity contribution in [3.63, 3.8) is 0 Å². The van der Waals surface area contributed by atoms with Crippen molar-refractivity contribution in [1.29, 1.82) is 0 Å². The zero-order chi connectivity index (χ0) is 8.49. The van der Waals surface area contributed by atoms with Gasteiger partial charge in [0.05, 0.1) is 0 Å². The molecule has 0 radical (unpaired) electrons. The zero-order valence-corrected chi connectivity index (χ0v) is 7.32. The highest BCUT2D eigenvalue weighted by molar-refractivity contribution is 4.88. The Bertz CT molecular complexity index is 169. The molecule has 64 valence electrons. The third kappa shape index (κ3) is 4.67. The Balaban J connectivity index is 0.000000120. The third-order valence-electron chi connectivity index (χ3n) is 1.72. The van der Waals surface area contributed by atoms with Crippen molar-refractivity contribution in [2.24, 2.45) is 0 Å². The first-order valence-corrected chi connectivity index (χ1v) is 4.50. The summed E-state index contributed by atoms with van der Waals surface area (Å²) < 4.78 is 0. The van der Waals surface area contributed by atoms with E-state index in [0.29, 0.717) is 0 Å². The third-order valence-corrected chi connectivity index (χ3v) is 1.72. The van der Waals surface area contributed by atoms with Crippen molar-refractivity contribution in [2.75, 3.05) is 0 Å². The molecule has 0 fully saturated rings. The van der Waals surface area contributed by atoms with E-state index in [1.165, 1.54) is 25.7 Å². The maximum atomic E-state index is 3.78. The van der Waals surface area contributed by atoms with Gasteiger partial charge in [0.25, 0.3) is 0 Å². The predicted octanol–water partition coefficient (Wildman–Crippen LogP) is 3.20. The Morgan fingerprint density at radius 3 is 1.50 bits per heavy atom. The van der Waals surface area contributed by atoms with Crippen LogP contribution in [-0.4, -0.2) is 4.98 Å². The smallest absolute Gasteiger partial charge is 0.0267 e. The molecule has 0 saturated carbocycles. The van der Waals surface area contributed by atoms with E-state index in [1.54, 1.807) is 12.4 Å². The van der Waals surface area contributed by atoms with Crippen LogP contribution in [0.15, 0.2) is 42.7 Å². The minimum Gasteiger partial charge on any atom is -0.265 e. The Morgan fingerprint density at radius 2 is 1.33 bits per heavy atom. The molecule has 2 rings (SSSR count). The van der Waals surface area contributed by atoms with E-state index in [1.807, 2.05) is 18.2 Å². The molecule has 0 aliphatic heterocycles. The fourth-order valence-electron chi connectivity index (χ4n) is 1.07. The average molecular weight is 161 g/mol. The van der Waals surface area contributed by atoms with Crippen molar-refractivity contribution in [3.05, 3.63) is 42.7 Å². The van der Waals surface area contributed by atoms with E-state index in [-0.39, 0.29) is 0 Å². The molecule has 0 bridgehead atoms. The van der Waals surface area contributed by atoms with Gasteiger partial charge in [-0.15, -0.1) is 0 Å². The molecule has 12 heavy (non-hydrogen) atoms. The number of hydrogen-bond acceptors (Lipinski definition) is 1. The van der Waals surface area contributed by atoms with Gasteiger partial charge in [-0.2, -0.15) is 0 Å². The first-order valence-electron chi connectivity index (χ1n) is 4.50. The number of nitrogens with zero attached hydrogens (tertiary/aromatic N) is 1. The van der Waals surface area contributed by atoms with Gasteiger partial charge in [-0.1, -0.05) is 18.2 Å². The van der Waals surface area contributed by atoms with Crippen LogP contribution >= 0.6 is 0 Å². The summed E-state index contributed by atoms with van der Waals surface area (Å²) in [6, 6.07) is 5.72. The fourth-order valence-corrected chi connectivity index (χ4v) is 1.07. The number of allylic oxidation sites excluding steroid dienone is 2. The molecule has 1 aromatic rings. The molecule has 1 aliphatic carbocycles. The van der Waals surface area contributed by atoms with Gasteiger partial charge < -0.3 is 0 Å². The van der Waals surface area contributed by atoms with Crippen LogP contribution < -0.4 is 0 Å². The lowest BCUT2D eigenvalue weighted by Gasteiger charge is -1.97. The van der Waals surface area contributed by atoms with E-state index >= 15 is 0 Å². The second-order valence-corrected chi connectivity index (χ2v) is 2.78. The molecule has 1 heteroatoms. The second kappa shape index (κ2) is 6.59. The van der Waals surface area contributed by atoms with E-state index in [2.05, 4.69) is 17.1 Å². The van der Waals surface area contributed by atoms with Gasteiger partial charge in [-0.25, -0.2) is 0 Å². The van der Waals surface area contributed by atoms with Gasteiger partial charge in [0.2, 0.25) is 0 Å². The lowest BCUT2D eigenvalue weighted by Crippen LogP contribution is -1.77. The SMILES string of the molecule is C1=CCCCC1.c1ccncc1. The summed E-state index contributed by atoms with van der Waals surface area (Å²) in [5.74, 6) is 0. The standard InChI is InChI=1S/C6H10.C5H5N/c2*1-2-4-6-5-3-1/h1-2H,3-6H2;1-5H. The highest BCUT2D eigenvalue weighted by Crippen LogP contribution is 2.07.